The maximum absolute atomic E-state index is 11.9. The first kappa shape index (κ1) is 61.6. The molecule has 0 atom stereocenters. The van der Waals surface area contributed by atoms with Crippen LogP contribution in [-0.4, -0.2) is 74.6 Å². The lowest BCUT2D eigenvalue weighted by atomic mass is 10.2. The molecule has 0 heterocycles. The molecule has 268 valence electrons. The Balaban J connectivity index is -0.0000000983. The Kier molecular flexibility index (Phi) is 35.0. The van der Waals surface area contributed by atoms with Crippen molar-refractivity contribution in [3.05, 3.63) is 0 Å². The Hall–Kier alpha value is 0.601. The molecule has 0 radical (unpaired) electrons. The lowest BCUT2D eigenvalue weighted by Crippen LogP contribution is -2.41. The van der Waals surface area contributed by atoms with E-state index >= 15 is 0 Å². The van der Waals surface area contributed by atoms with E-state index in [9.17, 15) is 9.46 Å². The number of hydrogen-bond acceptors (Lipinski definition) is 7. The minimum atomic E-state index is -4.07. The fourth-order valence-electron chi connectivity index (χ4n) is 1.89. The predicted octanol–water partition coefficient (Wildman–Crippen LogP) is 11.0. The molecule has 0 aliphatic carbocycles. The van der Waals surface area contributed by atoms with Crippen molar-refractivity contribution in [2.45, 2.75) is 161 Å². The van der Waals surface area contributed by atoms with Crippen LogP contribution in [0.4, 0.5) is 0 Å². The van der Waals surface area contributed by atoms with Gasteiger partial charge < -0.3 is 23.3 Å². The Morgan fingerprint density at radius 2 is 0.714 bits per heavy atom. The Bertz CT molecular complexity index is 631. The van der Waals surface area contributed by atoms with Crippen LogP contribution < -0.4 is 0 Å². The van der Waals surface area contributed by atoms with Crippen LogP contribution in [0.15, 0.2) is 0 Å². The molecule has 0 aliphatic rings. The van der Waals surface area contributed by atoms with Crippen LogP contribution in [-0.2, 0) is 26.9 Å². The van der Waals surface area contributed by atoms with Crippen molar-refractivity contribution in [3.63, 3.8) is 0 Å². The van der Waals surface area contributed by atoms with Gasteiger partial charge in [0.1, 0.15) is 0 Å². The van der Waals surface area contributed by atoms with E-state index in [4.69, 9.17) is 27.4 Å². The summed E-state index contributed by atoms with van der Waals surface area (Å²) in [7, 11) is -9.41. The zero-order valence-corrected chi connectivity index (χ0v) is 29.9. The molecule has 2 N–H and O–H groups in total. The summed E-state index contributed by atoms with van der Waals surface area (Å²) in [6.07, 6.45) is 0. The molecule has 0 aromatic carbocycles. The number of phosphoric acid groups is 1. The maximum atomic E-state index is 11.9. The second-order valence-corrected chi connectivity index (χ2v) is 29.6. The van der Waals surface area contributed by atoms with Gasteiger partial charge in [0, 0.05) is 0 Å². The van der Waals surface area contributed by atoms with E-state index in [1.54, 1.807) is 0 Å². The molecule has 0 aliphatic heterocycles. The van der Waals surface area contributed by atoms with Crippen molar-refractivity contribution in [1.82, 2.24) is 0 Å². The van der Waals surface area contributed by atoms with Gasteiger partial charge in [0.2, 0.25) is 0 Å². The second kappa shape index (κ2) is 23.9. The van der Waals surface area contributed by atoms with E-state index in [0.29, 0.717) is 6.61 Å². The highest BCUT2D eigenvalue weighted by atomic mass is 31.2. The largest absolute Gasteiger partial charge is 0.472 e. The van der Waals surface area contributed by atoms with E-state index in [1.807, 2.05) is 0 Å². The van der Waals surface area contributed by atoms with E-state index in [-0.39, 0.29) is 92.7 Å². The second-order valence-electron chi connectivity index (χ2n) is 13.7. The first-order valence-electron chi connectivity index (χ1n) is 12.9. The summed E-state index contributed by atoms with van der Waals surface area (Å²) in [6.45, 7) is 33.5. The van der Waals surface area contributed by atoms with Crippen LogP contribution in [0.2, 0.25) is 54.4 Å². The van der Waals surface area contributed by atoms with Crippen LogP contribution in [0, 0.1) is 0 Å². The summed E-state index contributed by atoms with van der Waals surface area (Å²) in [5.41, 5.74) is 0. The van der Waals surface area contributed by atoms with Crippen molar-refractivity contribution >= 4 is 32.8 Å². The van der Waals surface area contributed by atoms with Gasteiger partial charge in [-0.3, -0.25) is 9.05 Å². The number of rotatable bonds is 13. The molecular weight excluding hydrogens is 604 g/mol. The van der Waals surface area contributed by atoms with E-state index < -0.39 is 32.8 Å². The van der Waals surface area contributed by atoms with Crippen LogP contribution in [0.3, 0.4) is 0 Å². The maximum Gasteiger partial charge on any atom is 0.472 e. The number of aliphatic hydroxyl groups excluding tert-OH is 1. The average molecular weight is 687 g/mol. The lowest BCUT2D eigenvalue weighted by Gasteiger charge is -2.36. The highest BCUT2D eigenvalue weighted by Crippen LogP contribution is 2.43. The van der Waals surface area contributed by atoms with Gasteiger partial charge >= 0.3 is 7.82 Å². The van der Waals surface area contributed by atoms with Gasteiger partial charge in [-0.05, 0) is 54.4 Å². The van der Waals surface area contributed by atoms with Crippen LogP contribution in [0.5, 0.6) is 0 Å². The predicted molar refractivity (Wildman–Crippen MR) is 199 cm³/mol. The van der Waals surface area contributed by atoms with Crippen molar-refractivity contribution in [2.24, 2.45) is 0 Å². The van der Waals surface area contributed by atoms with E-state index in [1.165, 1.54) is 0 Å². The minimum Gasteiger partial charge on any atom is -0.414 e. The zero-order chi connectivity index (χ0) is 29.3. The fourth-order valence-corrected chi connectivity index (χ4v) is 5.66. The summed E-state index contributed by atoms with van der Waals surface area (Å²) < 4.78 is 39.3. The molecule has 0 bridgehead atoms. The number of aliphatic hydroxyl groups is 1. The minimum absolute atomic E-state index is 0. The van der Waals surface area contributed by atoms with Gasteiger partial charge in [0.15, 0.2) is 25.0 Å². The third-order valence-electron chi connectivity index (χ3n) is 7.57. The smallest absolute Gasteiger partial charge is 0.414 e. The molecule has 0 rings (SSSR count). The Labute approximate surface area is 270 Å². The molecule has 0 fully saturated rings. The van der Waals surface area contributed by atoms with Crippen molar-refractivity contribution in [1.29, 1.82) is 0 Å². The Morgan fingerprint density at radius 1 is 0.500 bits per heavy atom. The molecule has 12 heteroatoms. The van der Waals surface area contributed by atoms with Crippen LogP contribution >= 0.6 is 7.82 Å². The van der Waals surface area contributed by atoms with Crippen LogP contribution in [0.25, 0.3) is 0 Å². The SMILES string of the molecule is C.C.C.C.C.C.CC(C)(C)[Si](C)(C)OCCO.CC(C)(C)[Si](C)(C)OCCOP(=O)(O)OCCO[Si](C)(C)C(C)(C)C. The van der Waals surface area contributed by atoms with Crippen molar-refractivity contribution in [3.8, 4) is 0 Å². The van der Waals surface area contributed by atoms with Crippen LogP contribution in [0.1, 0.15) is 107 Å². The summed E-state index contributed by atoms with van der Waals surface area (Å²) >= 11 is 0. The van der Waals surface area contributed by atoms with Gasteiger partial charge in [-0.2, -0.15) is 0 Å². The Morgan fingerprint density at radius 3 is 0.905 bits per heavy atom. The normalized spacial score (nSPS) is 12.4. The average Bonchev–Trinajstić information content (AvgIpc) is 2.65. The molecule has 0 saturated carbocycles. The van der Waals surface area contributed by atoms with Crippen molar-refractivity contribution < 1.29 is 36.9 Å². The number of phosphoric ester groups is 1. The first-order chi connectivity index (χ1) is 15.7. The summed E-state index contributed by atoms with van der Waals surface area (Å²) in [5, 5.41) is 9.03. The fraction of sp³-hybridized carbons (Fsp3) is 1.00. The lowest BCUT2D eigenvalue weighted by molar-refractivity contribution is 0.110. The van der Waals surface area contributed by atoms with E-state index in [0.717, 1.165) is 0 Å². The summed E-state index contributed by atoms with van der Waals surface area (Å²) in [6, 6.07) is 0. The topological polar surface area (TPSA) is 104 Å². The molecule has 0 spiro atoms. The first-order valence-corrected chi connectivity index (χ1v) is 23.1. The van der Waals surface area contributed by atoms with E-state index in [2.05, 4.69) is 102 Å². The summed E-state index contributed by atoms with van der Waals surface area (Å²) in [5.74, 6) is 0. The molecule has 0 aromatic rings. The monoisotopic (exact) mass is 687 g/mol. The van der Waals surface area contributed by atoms with Gasteiger partial charge in [-0.15, -0.1) is 0 Å². The highest BCUT2D eigenvalue weighted by Gasteiger charge is 2.38. The zero-order valence-electron chi connectivity index (χ0n) is 26.0. The molecule has 8 nitrogen and oxygen atoms in total. The molecule has 42 heavy (non-hydrogen) atoms. The quantitative estimate of drug-likeness (QED) is 0.112. The third-order valence-corrected chi connectivity index (χ3v) is 22.2. The summed E-state index contributed by atoms with van der Waals surface area (Å²) in [4.78, 5) is 9.72. The van der Waals surface area contributed by atoms with Crippen molar-refractivity contribution in [2.75, 3.05) is 39.6 Å². The number of hydrogen-bond donors (Lipinski definition) is 2. The van der Waals surface area contributed by atoms with Gasteiger partial charge in [0.25, 0.3) is 0 Å². The van der Waals surface area contributed by atoms with Gasteiger partial charge in [0.05, 0.1) is 39.6 Å². The molecular formula is C30H83O8PSi3. The molecule has 0 aromatic heterocycles. The van der Waals surface area contributed by atoms with Gasteiger partial charge in [-0.25, -0.2) is 4.57 Å². The molecule has 0 amide bonds. The van der Waals surface area contributed by atoms with Gasteiger partial charge in [-0.1, -0.05) is 107 Å². The molecule has 0 unspecified atom stereocenters. The standard InChI is InChI=1S/C16H39O6PSi2.C8H20O2Si.6CH4/c1-15(2,3)24(7,8)21-13-11-19-23(17,18)20-12-14-22-25(9,10)16(4,5)6;1-8(2,3)11(4,5)10-7-6-9;;;;;;/h11-14H2,1-10H3,(H,17,18);9H,6-7H2,1-5H3;6*1H4. The highest BCUT2D eigenvalue weighted by molar-refractivity contribution is 7.47. The third kappa shape index (κ3) is 24.9. The molecule has 0 saturated heterocycles.